The minimum Gasteiger partial charge on any atom is -0.453 e. The van der Waals surface area contributed by atoms with Gasteiger partial charge in [-0.3, -0.25) is 4.79 Å². The number of fused-ring (bicyclic) bond motifs is 1. The molecule has 12 heteroatoms. The second kappa shape index (κ2) is 15.8. The Morgan fingerprint density at radius 2 is 1.76 bits per heavy atom. The van der Waals surface area contributed by atoms with Crippen LogP contribution < -0.4 is 10.2 Å². The molecule has 2 aromatic carbocycles. The summed E-state index contributed by atoms with van der Waals surface area (Å²) >= 11 is 1.79. The van der Waals surface area contributed by atoms with E-state index in [1.807, 2.05) is 18.1 Å². The molecule has 5 unspecified atom stereocenters. The maximum atomic E-state index is 15.1. The van der Waals surface area contributed by atoms with E-state index in [2.05, 4.69) is 61.2 Å². The van der Waals surface area contributed by atoms with Crippen LogP contribution in [0.25, 0.3) is 0 Å². The van der Waals surface area contributed by atoms with Crippen molar-refractivity contribution in [3.63, 3.8) is 0 Å². The Labute approximate surface area is 324 Å². The van der Waals surface area contributed by atoms with Crippen molar-refractivity contribution < 1.29 is 23.5 Å². The lowest BCUT2D eigenvalue weighted by Crippen LogP contribution is -2.68. The van der Waals surface area contributed by atoms with E-state index in [4.69, 9.17) is 9.47 Å². The van der Waals surface area contributed by atoms with Crippen molar-refractivity contribution in [2.75, 3.05) is 91.1 Å². The van der Waals surface area contributed by atoms with Crippen LogP contribution in [0.4, 0.5) is 14.9 Å². The first-order valence-corrected chi connectivity index (χ1v) is 20.8. The van der Waals surface area contributed by atoms with Crippen molar-refractivity contribution in [3.05, 3.63) is 72.6 Å². The highest BCUT2D eigenvalue weighted by molar-refractivity contribution is 7.97. The molecule has 0 spiro atoms. The van der Waals surface area contributed by atoms with E-state index in [1.54, 1.807) is 24.1 Å². The van der Waals surface area contributed by atoms with Gasteiger partial charge >= 0.3 is 6.09 Å². The van der Waals surface area contributed by atoms with Gasteiger partial charge in [-0.1, -0.05) is 25.1 Å². The average molecular weight is 761 g/mol. The molecule has 5 saturated heterocycles. The number of alkyl carbamates (subject to hydrolysis) is 1. The molecule has 8 rings (SSSR count). The molecule has 10 nitrogen and oxygen atoms in total. The summed E-state index contributed by atoms with van der Waals surface area (Å²) in [5.41, 5.74) is 1.81. The number of benzene rings is 2. The Balaban J connectivity index is 0.903. The molecule has 1 aliphatic carbocycles. The highest BCUT2D eigenvalue weighted by Crippen LogP contribution is 2.52. The molecule has 54 heavy (non-hydrogen) atoms. The van der Waals surface area contributed by atoms with Crippen LogP contribution in [0, 0.1) is 23.6 Å². The zero-order valence-electron chi connectivity index (χ0n) is 32.0. The highest BCUT2D eigenvalue weighted by atomic mass is 32.2. The summed E-state index contributed by atoms with van der Waals surface area (Å²) in [6.45, 7) is 14.0. The fourth-order valence-corrected chi connectivity index (χ4v) is 11.8. The Morgan fingerprint density at radius 3 is 2.43 bits per heavy atom. The Kier molecular flexibility index (Phi) is 11.0. The molecule has 5 aliphatic heterocycles. The number of hydrogen-bond donors (Lipinski definition) is 1. The van der Waals surface area contributed by atoms with Crippen molar-refractivity contribution in [3.8, 4) is 0 Å². The topological polar surface area (TPSA) is 80.8 Å². The second-order valence-corrected chi connectivity index (χ2v) is 17.9. The van der Waals surface area contributed by atoms with Gasteiger partial charge in [-0.15, -0.1) is 0 Å². The number of carbonyl (C=O) groups excluding carboxylic acids is 2. The number of nitrogens with one attached hydrogen (secondary N) is 1. The third-order valence-corrected chi connectivity index (χ3v) is 14.8. The summed E-state index contributed by atoms with van der Waals surface area (Å²) in [7, 11) is 3.29. The van der Waals surface area contributed by atoms with E-state index < -0.39 is 0 Å². The van der Waals surface area contributed by atoms with E-state index in [1.165, 1.54) is 30.2 Å². The van der Waals surface area contributed by atoms with Crippen molar-refractivity contribution in [2.24, 2.45) is 17.8 Å². The summed E-state index contributed by atoms with van der Waals surface area (Å²) in [6, 6.07) is 16.5. The first-order chi connectivity index (χ1) is 26.2. The minimum absolute atomic E-state index is 0.000942. The van der Waals surface area contributed by atoms with Gasteiger partial charge in [0.1, 0.15) is 11.4 Å². The van der Waals surface area contributed by atoms with E-state index >= 15 is 4.39 Å². The number of methoxy groups -OCH3 is 2. The molecule has 1 saturated carbocycles. The highest BCUT2D eigenvalue weighted by Gasteiger charge is 2.54. The van der Waals surface area contributed by atoms with E-state index in [-0.39, 0.29) is 40.8 Å². The van der Waals surface area contributed by atoms with E-state index in [0.29, 0.717) is 17.9 Å². The van der Waals surface area contributed by atoms with Crippen LogP contribution >= 0.6 is 11.9 Å². The van der Waals surface area contributed by atoms with Gasteiger partial charge in [0.15, 0.2) is 0 Å². The second-order valence-electron chi connectivity index (χ2n) is 16.7. The van der Waals surface area contributed by atoms with Gasteiger partial charge in [0, 0.05) is 67.8 Å². The fraction of sp³-hybridized carbons (Fsp3) is 0.619. The fourth-order valence-electron chi connectivity index (χ4n) is 10.8. The molecule has 2 amide bonds. The monoisotopic (exact) mass is 760 g/mol. The number of nitrogens with zero attached hydrogens (tertiary/aromatic N) is 5. The number of ether oxygens (including phenoxy) is 2. The summed E-state index contributed by atoms with van der Waals surface area (Å²) in [4.78, 5) is 35.4. The molecule has 0 radical (unpaired) electrons. The molecular weight excluding hydrogens is 704 g/mol. The Bertz CT molecular complexity index is 1660. The molecule has 0 bridgehead atoms. The summed E-state index contributed by atoms with van der Waals surface area (Å²) in [5, 5.41) is 3.21. The maximum Gasteiger partial charge on any atom is 0.407 e. The summed E-state index contributed by atoms with van der Waals surface area (Å²) < 4.78 is 28.8. The smallest absolute Gasteiger partial charge is 0.407 e. The number of halogens is 1. The quantitative estimate of drug-likeness (QED) is 0.218. The largest absolute Gasteiger partial charge is 0.453 e. The van der Waals surface area contributed by atoms with Gasteiger partial charge in [0.2, 0.25) is 5.91 Å². The standard InChI is InChI=1S/C42H57FN6O4S/c1-4-39(50)49-24-30-23-48(25-38(30)49)54-35-14-12-34(13-15-35)47-27-41(28-47,53-3)26-46-20-16-31(17-21-46)42(29-45-18-7-19-45,32-8-5-9-33(43)22-32)36-10-6-11-37(36)44-40(51)52-2/h4-5,8-9,12-15,22,30-31,36-38H,1,6-7,10-11,16-21,23-29H2,2-3H3,(H,44,51). The third-order valence-electron chi connectivity index (χ3n) is 13.8. The molecule has 5 atom stereocenters. The molecular formula is C42H57FN6O4S. The first-order valence-electron chi connectivity index (χ1n) is 20.0. The zero-order chi connectivity index (χ0) is 37.5. The van der Waals surface area contributed by atoms with Crippen LogP contribution in [-0.2, 0) is 19.7 Å². The van der Waals surface area contributed by atoms with Gasteiger partial charge in [-0.05, 0) is 130 Å². The van der Waals surface area contributed by atoms with Crippen molar-refractivity contribution in [2.45, 2.75) is 66.5 Å². The van der Waals surface area contributed by atoms with Gasteiger partial charge in [0.05, 0.1) is 26.2 Å². The first kappa shape index (κ1) is 37.7. The predicted molar refractivity (Wildman–Crippen MR) is 210 cm³/mol. The van der Waals surface area contributed by atoms with E-state index in [0.717, 1.165) is 110 Å². The van der Waals surface area contributed by atoms with Crippen molar-refractivity contribution in [1.29, 1.82) is 0 Å². The van der Waals surface area contributed by atoms with Gasteiger partial charge in [0.25, 0.3) is 0 Å². The lowest BCUT2D eigenvalue weighted by atomic mass is 9.57. The zero-order valence-corrected chi connectivity index (χ0v) is 32.8. The maximum absolute atomic E-state index is 15.1. The lowest BCUT2D eigenvalue weighted by molar-refractivity contribution is -0.135. The summed E-state index contributed by atoms with van der Waals surface area (Å²) in [6.07, 6.45) is 7.27. The number of anilines is 1. The average Bonchev–Trinajstić information content (AvgIpc) is 3.74. The number of rotatable bonds is 13. The Hall–Kier alpha value is -3.16. The molecule has 0 aromatic heterocycles. The molecule has 6 fully saturated rings. The normalized spacial score (nSPS) is 28.4. The minimum atomic E-state index is -0.377. The number of hydrogen-bond acceptors (Lipinski definition) is 9. The van der Waals surface area contributed by atoms with Crippen LogP contribution in [0.15, 0.2) is 66.1 Å². The van der Waals surface area contributed by atoms with Gasteiger partial charge < -0.3 is 34.4 Å². The molecule has 2 aromatic rings. The predicted octanol–water partition coefficient (Wildman–Crippen LogP) is 5.25. The molecule has 5 heterocycles. The van der Waals surface area contributed by atoms with Gasteiger partial charge in [-0.25, -0.2) is 13.5 Å². The van der Waals surface area contributed by atoms with Crippen LogP contribution in [0.3, 0.4) is 0 Å². The lowest BCUT2D eigenvalue weighted by Gasteiger charge is -2.55. The molecule has 292 valence electrons. The summed E-state index contributed by atoms with van der Waals surface area (Å²) in [5.74, 6) is 0.980. The molecule has 6 aliphatic rings. The van der Waals surface area contributed by atoms with Crippen molar-refractivity contribution in [1.82, 2.24) is 24.3 Å². The number of likely N-dealkylation sites (tertiary alicyclic amines) is 3. The SMILES string of the molecule is C=CC(=O)N1CC2CN(Sc3ccc(N4CC(CN5CCC(C(CN6CCC6)(c6cccc(F)c6)C6CCCC6NC(=O)OC)CC5)(OC)C4)cc3)CC21. The third kappa shape index (κ3) is 7.29. The van der Waals surface area contributed by atoms with Crippen molar-refractivity contribution >= 4 is 29.6 Å². The van der Waals surface area contributed by atoms with Gasteiger partial charge in [-0.2, -0.15) is 0 Å². The van der Waals surface area contributed by atoms with E-state index in [9.17, 15) is 9.59 Å². The Morgan fingerprint density at radius 1 is 0.981 bits per heavy atom. The van der Waals surface area contributed by atoms with Crippen LogP contribution in [-0.4, -0.2) is 135 Å². The number of carbonyl (C=O) groups is 2. The number of piperidine rings is 1. The van der Waals surface area contributed by atoms with Crippen LogP contribution in [0.5, 0.6) is 0 Å². The number of amides is 2. The van der Waals surface area contributed by atoms with Crippen LogP contribution in [0.2, 0.25) is 0 Å². The van der Waals surface area contributed by atoms with Crippen LogP contribution in [0.1, 0.15) is 44.1 Å². The molecule has 1 N–H and O–H groups in total.